The average molecular weight is 402 g/mol. The van der Waals surface area contributed by atoms with Crippen LogP contribution in [0.1, 0.15) is 19.9 Å². The molecule has 0 atom stereocenters. The highest BCUT2D eigenvalue weighted by Gasteiger charge is 2.18. The normalized spacial score (nSPS) is 11.6. The van der Waals surface area contributed by atoms with Crippen molar-refractivity contribution in [1.29, 1.82) is 0 Å². The Balaban J connectivity index is 1.54. The van der Waals surface area contributed by atoms with Gasteiger partial charge in [-0.1, -0.05) is 0 Å². The minimum atomic E-state index is -0.504. The Morgan fingerprint density at radius 3 is 2.60 bits per heavy atom. The van der Waals surface area contributed by atoms with E-state index in [4.69, 9.17) is 4.74 Å². The van der Waals surface area contributed by atoms with Gasteiger partial charge in [0.1, 0.15) is 16.7 Å². The SMILES string of the molecule is CC(C)n1nc(-c2ccc(Oc3nc4cccnc4n3C)c(F)c2)c2ncccc21. The van der Waals surface area contributed by atoms with E-state index in [0.717, 1.165) is 11.0 Å². The number of aryl methyl sites for hydroxylation is 1. The van der Waals surface area contributed by atoms with E-state index in [0.29, 0.717) is 22.4 Å². The average Bonchev–Trinajstić information content (AvgIpc) is 3.28. The first-order valence-electron chi connectivity index (χ1n) is 9.61. The predicted octanol–water partition coefficient (Wildman–Crippen LogP) is 4.89. The van der Waals surface area contributed by atoms with E-state index in [1.807, 2.05) is 36.7 Å². The van der Waals surface area contributed by atoms with Gasteiger partial charge in [-0.3, -0.25) is 14.2 Å². The Morgan fingerprint density at radius 1 is 1.03 bits per heavy atom. The monoisotopic (exact) mass is 402 g/mol. The number of ether oxygens (including phenoxy) is 1. The Kier molecular flexibility index (Phi) is 4.20. The summed E-state index contributed by atoms with van der Waals surface area (Å²) in [7, 11) is 1.78. The largest absolute Gasteiger partial charge is 0.422 e. The summed E-state index contributed by atoms with van der Waals surface area (Å²) in [5, 5.41) is 4.68. The lowest BCUT2D eigenvalue weighted by molar-refractivity contribution is 0.400. The van der Waals surface area contributed by atoms with Crippen molar-refractivity contribution in [2.45, 2.75) is 19.9 Å². The number of hydrogen-bond acceptors (Lipinski definition) is 5. The van der Waals surface area contributed by atoms with Crippen LogP contribution in [-0.2, 0) is 7.05 Å². The van der Waals surface area contributed by atoms with Crippen molar-refractivity contribution in [2.75, 3.05) is 0 Å². The van der Waals surface area contributed by atoms with Crippen LogP contribution in [0, 0.1) is 5.82 Å². The van der Waals surface area contributed by atoms with Crippen LogP contribution in [0.15, 0.2) is 54.9 Å². The molecule has 30 heavy (non-hydrogen) atoms. The van der Waals surface area contributed by atoms with Crippen LogP contribution >= 0.6 is 0 Å². The number of rotatable bonds is 4. The van der Waals surface area contributed by atoms with E-state index in [9.17, 15) is 4.39 Å². The van der Waals surface area contributed by atoms with Gasteiger partial charge in [-0.25, -0.2) is 9.37 Å². The number of pyridine rings is 2. The molecule has 5 aromatic rings. The highest BCUT2D eigenvalue weighted by atomic mass is 19.1. The standard InChI is InChI=1S/C22H19FN6O/c1-13(2)29-17-7-5-10-24-20(17)19(27-29)14-8-9-18(15(23)12-14)30-22-26-16-6-4-11-25-21(16)28(22)3/h4-13H,1-3H3. The number of fused-ring (bicyclic) bond motifs is 2. The molecule has 0 unspecified atom stereocenters. The molecular formula is C22H19FN6O. The van der Waals surface area contributed by atoms with Gasteiger partial charge >= 0.3 is 6.01 Å². The maximum Gasteiger partial charge on any atom is 0.304 e. The fourth-order valence-corrected chi connectivity index (χ4v) is 3.48. The molecule has 0 fully saturated rings. The first kappa shape index (κ1) is 18.2. The van der Waals surface area contributed by atoms with Crippen molar-refractivity contribution in [3.8, 4) is 23.0 Å². The molecule has 0 saturated carbocycles. The van der Waals surface area contributed by atoms with Crippen molar-refractivity contribution in [1.82, 2.24) is 29.3 Å². The maximum atomic E-state index is 14.9. The number of hydrogen-bond donors (Lipinski definition) is 0. The van der Waals surface area contributed by atoms with Crippen molar-refractivity contribution in [3.63, 3.8) is 0 Å². The summed E-state index contributed by atoms with van der Waals surface area (Å²) >= 11 is 0. The summed E-state index contributed by atoms with van der Waals surface area (Å²) in [6.45, 7) is 4.10. The first-order chi connectivity index (χ1) is 14.5. The summed E-state index contributed by atoms with van der Waals surface area (Å²) in [6.07, 6.45) is 3.39. The van der Waals surface area contributed by atoms with Gasteiger partial charge in [0.2, 0.25) is 0 Å². The minimum absolute atomic E-state index is 0.0812. The topological polar surface area (TPSA) is 70.7 Å². The third-order valence-corrected chi connectivity index (χ3v) is 4.95. The third kappa shape index (κ3) is 2.88. The van der Waals surface area contributed by atoms with Crippen molar-refractivity contribution in [3.05, 3.63) is 60.7 Å². The summed E-state index contributed by atoms with van der Waals surface area (Å²) in [5.41, 5.74) is 4.27. The quantitative estimate of drug-likeness (QED) is 0.428. The second-order valence-electron chi connectivity index (χ2n) is 7.30. The zero-order valence-corrected chi connectivity index (χ0v) is 16.7. The molecule has 8 heteroatoms. The van der Waals surface area contributed by atoms with Gasteiger partial charge in [0, 0.05) is 31.0 Å². The second kappa shape index (κ2) is 6.91. The zero-order chi connectivity index (χ0) is 20.8. The van der Waals surface area contributed by atoms with E-state index in [2.05, 4.69) is 20.1 Å². The highest BCUT2D eigenvalue weighted by molar-refractivity contribution is 5.90. The number of benzene rings is 1. The van der Waals surface area contributed by atoms with Crippen molar-refractivity contribution >= 4 is 22.2 Å². The molecule has 4 heterocycles. The van der Waals surface area contributed by atoms with Gasteiger partial charge in [-0.05, 0) is 56.3 Å². The van der Waals surface area contributed by atoms with E-state index in [-0.39, 0.29) is 17.8 Å². The van der Waals surface area contributed by atoms with Crippen LogP contribution < -0.4 is 4.74 Å². The molecule has 0 spiro atoms. The summed E-state index contributed by atoms with van der Waals surface area (Å²) in [5.74, 6) is -0.423. The number of nitrogens with zero attached hydrogens (tertiary/aromatic N) is 6. The van der Waals surface area contributed by atoms with Crippen LogP contribution in [0.3, 0.4) is 0 Å². The van der Waals surface area contributed by atoms with Gasteiger partial charge in [0.15, 0.2) is 17.2 Å². The number of halogens is 1. The molecule has 0 aliphatic rings. The molecular weight excluding hydrogens is 383 g/mol. The predicted molar refractivity (Wildman–Crippen MR) is 112 cm³/mol. The lowest BCUT2D eigenvalue weighted by atomic mass is 10.1. The van der Waals surface area contributed by atoms with Gasteiger partial charge in [0.05, 0.1) is 5.52 Å². The molecule has 0 N–H and O–H groups in total. The molecule has 1 aromatic carbocycles. The molecule has 150 valence electrons. The summed E-state index contributed by atoms with van der Waals surface area (Å²) < 4.78 is 24.3. The molecule has 0 bridgehead atoms. The summed E-state index contributed by atoms with van der Waals surface area (Å²) in [4.78, 5) is 13.1. The Labute approximate surface area is 171 Å². The number of imidazole rings is 1. The highest BCUT2D eigenvalue weighted by Crippen LogP contribution is 2.32. The Bertz CT molecular complexity index is 1390. The van der Waals surface area contributed by atoms with Crippen LogP contribution in [0.25, 0.3) is 33.5 Å². The fourth-order valence-electron chi connectivity index (χ4n) is 3.48. The maximum absolute atomic E-state index is 14.9. The van der Waals surface area contributed by atoms with Crippen molar-refractivity contribution < 1.29 is 9.13 Å². The third-order valence-electron chi connectivity index (χ3n) is 4.95. The smallest absolute Gasteiger partial charge is 0.304 e. The van der Waals surface area contributed by atoms with Gasteiger partial charge < -0.3 is 4.74 Å². The van der Waals surface area contributed by atoms with Crippen LogP contribution in [0.5, 0.6) is 11.8 Å². The lowest BCUT2D eigenvalue weighted by Gasteiger charge is -2.07. The van der Waals surface area contributed by atoms with Crippen LogP contribution in [0.2, 0.25) is 0 Å². The Hall–Kier alpha value is -3.81. The molecule has 0 aliphatic heterocycles. The van der Waals surface area contributed by atoms with E-state index in [1.54, 1.807) is 42.2 Å². The van der Waals surface area contributed by atoms with Gasteiger partial charge in [-0.15, -0.1) is 0 Å². The van der Waals surface area contributed by atoms with Crippen molar-refractivity contribution in [2.24, 2.45) is 7.05 Å². The van der Waals surface area contributed by atoms with E-state index in [1.165, 1.54) is 6.07 Å². The minimum Gasteiger partial charge on any atom is -0.422 e. The van der Waals surface area contributed by atoms with Gasteiger partial charge in [0.25, 0.3) is 0 Å². The Morgan fingerprint density at radius 2 is 1.83 bits per heavy atom. The molecule has 0 radical (unpaired) electrons. The molecule has 4 aromatic heterocycles. The fraction of sp³-hybridized carbons (Fsp3) is 0.182. The van der Waals surface area contributed by atoms with Crippen LogP contribution in [-0.4, -0.2) is 29.3 Å². The zero-order valence-electron chi connectivity index (χ0n) is 16.7. The first-order valence-corrected chi connectivity index (χ1v) is 9.61. The van der Waals surface area contributed by atoms with Gasteiger partial charge in [-0.2, -0.15) is 10.1 Å². The van der Waals surface area contributed by atoms with Crippen LogP contribution in [0.4, 0.5) is 4.39 Å². The molecule has 5 rings (SSSR count). The lowest BCUT2D eigenvalue weighted by Crippen LogP contribution is -2.02. The molecule has 0 amide bonds. The second-order valence-corrected chi connectivity index (χ2v) is 7.30. The van der Waals surface area contributed by atoms with E-state index < -0.39 is 5.82 Å². The molecule has 7 nitrogen and oxygen atoms in total. The van der Waals surface area contributed by atoms with E-state index >= 15 is 0 Å². The summed E-state index contributed by atoms with van der Waals surface area (Å²) in [6, 6.07) is 12.7. The molecule has 0 aliphatic carbocycles. The molecule has 0 saturated heterocycles. The number of aromatic nitrogens is 6.